The molecule has 0 aromatic carbocycles. The summed E-state index contributed by atoms with van der Waals surface area (Å²) in [6.45, 7) is 5.95. The van der Waals surface area contributed by atoms with Gasteiger partial charge in [-0.3, -0.25) is 4.79 Å². The highest BCUT2D eigenvalue weighted by molar-refractivity contribution is 5.96. The molecule has 3 rings (SSSR count). The van der Waals surface area contributed by atoms with Crippen molar-refractivity contribution < 1.29 is 9.53 Å². The van der Waals surface area contributed by atoms with Crippen molar-refractivity contribution in [3.8, 4) is 0 Å². The molecule has 1 fully saturated rings. The number of rotatable bonds is 7. The van der Waals surface area contributed by atoms with Crippen LogP contribution in [0.4, 0.5) is 0 Å². The average molecular weight is 304 g/mol. The van der Waals surface area contributed by atoms with Crippen LogP contribution in [0, 0.1) is 5.92 Å². The fraction of sp³-hybridized carbons (Fsp3) is 0.722. The zero-order chi connectivity index (χ0) is 15.7. The van der Waals surface area contributed by atoms with Crippen molar-refractivity contribution in [1.82, 2.24) is 9.80 Å². The molecule has 0 aliphatic carbocycles. The van der Waals surface area contributed by atoms with Crippen molar-refractivity contribution in [1.29, 1.82) is 0 Å². The lowest BCUT2D eigenvalue weighted by Gasteiger charge is -2.25. The van der Waals surface area contributed by atoms with E-state index in [4.69, 9.17) is 4.74 Å². The first-order chi connectivity index (χ1) is 10.6. The summed E-state index contributed by atoms with van der Waals surface area (Å²) in [6, 6.07) is 0.765. The molecule has 122 valence electrons. The third kappa shape index (κ3) is 2.81. The average Bonchev–Trinajstić information content (AvgIpc) is 3.18. The Bertz CT molecular complexity index is 497. The molecular formula is C18H28N2O2. The molecule has 0 N–H and O–H groups in total. The number of fused-ring (bicyclic) bond motifs is 2. The maximum atomic E-state index is 12.2. The Balaban J connectivity index is 1.37. The normalized spacial score (nSPS) is 30.3. The Morgan fingerprint density at radius 3 is 2.73 bits per heavy atom. The minimum Gasteiger partial charge on any atom is -0.374 e. The van der Waals surface area contributed by atoms with E-state index in [-0.39, 0.29) is 12.1 Å². The second kappa shape index (κ2) is 6.45. The third-order valence-electron chi connectivity index (χ3n) is 5.53. The van der Waals surface area contributed by atoms with Gasteiger partial charge in [0.15, 0.2) is 6.23 Å². The van der Waals surface area contributed by atoms with Crippen LogP contribution in [0.25, 0.3) is 0 Å². The van der Waals surface area contributed by atoms with Crippen LogP contribution in [0.3, 0.4) is 0 Å². The van der Waals surface area contributed by atoms with Gasteiger partial charge in [0, 0.05) is 31.8 Å². The van der Waals surface area contributed by atoms with Gasteiger partial charge < -0.3 is 14.5 Å². The Morgan fingerprint density at radius 2 is 2.09 bits per heavy atom. The van der Waals surface area contributed by atoms with Gasteiger partial charge in [0.1, 0.15) is 0 Å². The molecule has 0 radical (unpaired) electrons. The molecule has 3 atom stereocenters. The fourth-order valence-electron chi connectivity index (χ4n) is 4.09. The van der Waals surface area contributed by atoms with Gasteiger partial charge in [-0.2, -0.15) is 0 Å². The number of methoxy groups -OCH3 is 1. The van der Waals surface area contributed by atoms with Crippen molar-refractivity contribution in [3.05, 3.63) is 23.4 Å². The molecule has 0 spiro atoms. The molecule has 3 aliphatic heterocycles. The van der Waals surface area contributed by atoms with Gasteiger partial charge in [0.25, 0.3) is 5.91 Å². The molecule has 4 nitrogen and oxygen atoms in total. The first kappa shape index (κ1) is 15.6. The summed E-state index contributed by atoms with van der Waals surface area (Å²) in [6.07, 6.45) is 10.6. The summed E-state index contributed by atoms with van der Waals surface area (Å²) >= 11 is 0. The molecule has 1 amide bonds. The van der Waals surface area contributed by atoms with Crippen LogP contribution in [-0.2, 0) is 9.53 Å². The van der Waals surface area contributed by atoms with E-state index in [2.05, 4.69) is 17.2 Å². The van der Waals surface area contributed by atoms with E-state index in [9.17, 15) is 4.79 Å². The largest absolute Gasteiger partial charge is 0.374 e. The molecule has 3 heterocycles. The summed E-state index contributed by atoms with van der Waals surface area (Å²) < 4.78 is 5.48. The van der Waals surface area contributed by atoms with Crippen LogP contribution in [0.1, 0.15) is 46.0 Å². The van der Waals surface area contributed by atoms with Crippen molar-refractivity contribution in [2.24, 2.45) is 5.92 Å². The highest BCUT2D eigenvalue weighted by Crippen LogP contribution is 2.33. The number of unbranched alkanes of at least 4 members (excludes halogenated alkanes) is 2. The SMILES string of the molecule is COC1C(C)=C(C)C(=O)N1CCCCCC1CC2C=CN1C2. The van der Waals surface area contributed by atoms with E-state index >= 15 is 0 Å². The lowest BCUT2D eigenvalue weighted by molar-refractivity contribution is -0.133. The van der Waals surface area contributed by atoms with E-state index < -0.39 is 0 Å². The minimum atomic E-state index is -0.144. The van der Waals surface area contributed by atoms with Crippen molar-refractivity contribution in [3.63, 3.8) is 0 Å². The second-order valence-corrected chi connectivity index (χ2v) is 6.93. The Kier molecular flexibility index (Phi) is 4.57. The molecule has 2 bridgehead atoms. The first-order valence-corrected chi connectivity index (χ1v) is 8.57. The topological polar surface area (TPSA) is 32.8 Å². The summed E-state index contributed by atoms with van der Waals surface area (Å²) in [4.78, 5) is 16.6. The summed E-state index contributed by atoms with van der Waals surface area (Å²) in [7, 11) is 1.68. The zero-order valence-electron chi connectivity index (χ0n) is 14.0. The molecule has 22 heavy (non-hydrogen) atoms. The Hall–Kier alpha value is -1.29. The van der Waals surface area contributed by atoms with Gasteiger partial charge in [-0.25, -0.2) is 0 Å². The second-order valence-electron chi connectivity index (χ2n) is 6.93. The number of carbonyl (C=O) groups excluding carboxylic acids is 1. The van der Waals surface area contributed by atoms with Crippen LogP contribution in [0.2, 0.25) is 0 Å². The van der Waals surface area contributed by atoms with Gasteiger partial charge >= 0.3 is 0 Å². The Labute approximate surface area is 133 Å². The molecule has 3 unspecified atom stereocenters. The summed E-state index contributed by atoms with van der Waals surface area (Å²) in [5, 5.41) is 0. The lowest BCUT2D eigenvalue weighted by atomic mass is 9.99. The molecule has 0 aromatic heterocycles. The highest BCUT2D eigenvalue weighted by atomic mass is 16.5. The molecule has 0 aromatic rings. The monoisotopic (exact) mass is 304 g/mol. The van der Waals surface area contributed by atoms with E-state index in [1.54, 1.807) is 7.11 Å². The van der Waals surface area contributed by atoms with Gasteiger partial charge in [-0.1, -0.05) is 18.9 Å². The smallest absolute Gasteiger partial charge is 0.251 e. The van der Waals surface area contributed by atoms with Crippen molar-refractivity contribution in [2.45, 2.75) is 58.2 Å². The van der Waals surface area contributed by atoms with Crippen LogP contribution >= 0.6 is 0 Å². The van der Waals surface area contributed by atoms with Crippen molar-refractivity contribution >= 4 is 5.91 Å². The highest BCUT2D eigenvalue weighted by Gasteiger charge is 2.34. The third-order valence-corrected chi connectivity index (χ3v) is 5.53. The standard InChI is InChI=1S/C18H28N2O2/c1-13-14(2)18(22-3)20(17(13)21)9-6-4-5-7-16-11-15-8-10-19(16)12-15/h8,10,15-16,18H,4-7,9,11-12H2,1-3H3. The predicted octanol–water partition coefficient (Wildman–Crippen LogP) is 2.92. The van der Waals surface area contributed by atoms with Crippen LogP contribution < -0.4 is 0 Å². The molecular weight excluding hydrogens is 276 g/mol. The number of amides is 1. The fourth-order valence-corrected chi connectivity index (χ4v) is 4.09. The number of carbonyl (C=O) groups is 1. The van der Waals surface area contributed by atoms with E-state index in [0.29, 0.717) is 0 Å². The van der Waals surface area contributed by atoms with Crippen LogP contribution in [0.5, 0.6) is 0 Å². The van der Waals surface area contributed by atoms with Crippen molar-refractivity contribution in [2.75, 3.05) is 20.2 Å². The molecule has 0 saturated carbocycles. The summed E-state index contributed by atoms with van der Waals surface area (Å²) in [5.74, 6) is 0.959. The van der Waals surface area contributed by atoms with Crippen LogP contribution in [-0.4, -0.2) is 48.2 Å². The molecule has 1 saturated heterocycles. The number of hydrogen-bond acceptors (Lipinski definition) is 3. The van der Waals surface area contributed by atoms with E-state index in [0.717, 1.165) is 36.1 Å². The minimum absolute atomic E-state index is 0.144. The quantitative estimate of drug-likeness (QED) is 0.678. The predicted molar refractivity (Wildman–Crippen MR) is 87.1 cm³/mol. The molecule has 3 aliphatic rings. The van der Waals surface area contributed by atoms with Gasteiger partial charge in [-0.05, 0) is 50.8 Å². The lowest BCUT2D eigenvalue weighted by Crippen LogP contribution is -2.37. The van der Waals surface area contributed by atoms with E-state index in [1.807, 2.05) is 18.7 Å². The first-order valence-electron chi connectivity index (χ1n) is 8.57. The summed E-state index contributed by atoms with van der Waals surface area (Å²) in [5.41, 5.74) is 1.92. The van der Waals surface area contributed by atoms with E-state index in [1.165, 1.54) is 32.2 Å². The zero-order valence-corrected chi connectivity index (χ0v) is 14.0. The number of ether oxygens (including phenoxy) is 1. The molecule has 4 heteroatoms. The maximum absolute atomic E-state index is 12.2. The van der Waals surface area contributed by atoms with Gasteiger partial charge in [-0.15, -0.1) is 0 Å². The van der Waals surface area contributed by atoms with Crippen LogP contribution in [0.15, 0.2) is 23.4 Å². The number of nitrogens with zero attached hydrogens (tertiary/aromatic N) is 2. The maximum Gasteiger partial charge on any atom is 0.251 e. The van der Waals surface area contributed by atoms with Gasteiger partial charge in [0.05, 0.1) is 0 Å². The number of hydrogen-bond donors (Lipinski definition) is 0. The Morgan fingerprint density at radius 1 is 1.27 bits per heavy atom. The van der Waals surface area contributed by atoms with Gasteiger partial charge in [0.2, 0.25) is 0 Å².